The number of amides is 1. The fourth-order valence-corrected chi connectivity index (χ4v) is 8.35. The topological polar surface area (TPSA) is 115 Å². The van der Waals surface area contributed by atoms with Gasteiger partial charge in [0.1, 0.15) is 26.8 Å². The average molecular weight is 731 g/mol. The number of rotatable bonds is 11. The lowest BCUT2D eigenvalue weighted by atomic mass is 9.83. The Hall–Kier alpha value is -4.10. The molecule has 2 bridgehead atoms. The van der Waals surface area contributed by atoms with Crippen LogP contribution in [0.15, 0.2) is 60.2 Å². The first kappa shape index (κ1) is 34.8. The summed E-state index contributed by atoms with van der Waals surface area (Å²) < 4.78 is 33.0. The van der Waals surface area contributed by atoms with Crippen LogP contribution in [-0.2, 0) is 17.7 Å². The summed E-state index contributed by atoms with van der Waals surface area (Å²) in [6.07, 6.45) is 3.18. The number of benzene rings is 2. The largest absolute Gasteiger partial charge is 0.619 e. The number of carbonyl (C=O) groups excluding carboxylic acids is 1. The molecule has 49 heavy (non-hydrogen) atoms. The molecule has 5 heterocycles. The molecule has 2 aromatic heterocycles. The van der Waals surface area contributed by atoms with Crippen molar-refractivity contribution in [3.63, 3.8) is 0 Å². The first-order valence-corrected chi connectivity index (χ1v) is 17.3. The summed E-state index contributed by atoms with van der Waals surface area (Å²) in [4.78, 5) is 30.3. The van der Waals surface area contributed by atoms with Gasteiger partial charge in [0.15, 0.2) is 23.9 Å². The van der Waals surface area contributed by atoms with Crippen molar-refractivity contribution in [3.8, 4) is 11.5 Å². The van der Waals surface area contributed by atoms with E-state index in [1.165, 1.54) is 49.7 Å². The van der Waals surface area contributed by atoms with Gasteiger partial charge in [-0.3, -0.25) is 9.80 Å². The number of methoxy groups -OCH3 is 2. The van der Waals surface area contributed by atoms with E-state index in [1.807, 2.05) is 0 Å². The average Bonchev–Trinajstić information content (AvgIpc) is 3.51. The summed E-state index contributed by atoms with van der Waals surface area (Å²) in [5.74, 6) is -1.48. The molecule has 4 aromatic rings. The van der Waals surface area contributed by atoms with Gasteiger partial charge in [-0.1, -0.05) is 41.4 Å². The van der Waals surface area contributed by atoms with Gasteiger partial charge in [0.25, 0.3) is 0 Å². The van der Waals surface area contributed by atoms with Gasteiger partial charge in [-0.05, 0) is 84.6 Å². The molecule has 0 radical (unpaired) electrons. The Balaban J connectivity index is 1.46. The number of piperidine rings is 3. The highest BCUT2D eigenvalue weighted by Gasteiger charge is 2.38. The van der Waals surface area contributed by atoms with Crippen LogP contribution in [0.4, 0.5) is 14.9 Å². The zero-order valence-electron chi connectivity index (χ0n) is 26.7. The summed E-state index contributed by atoms with van der Waals surface area (Å²) in [7, 11) is 2.99. The van der Waals surface area contributed by atoms with E-state index in [2.05, 4.69) is 4.90 Å². The molecule has 3 aliphatic heterocycles. The maximum Gasteiger partial charge on any atom is 0.415 e. The van der Waals surface area contributed by atoms with Crippen LogP contribution in [0.2, 0.25) is 10.0 Å². The molecule has 3 saturated heterocycles. The summed E-state index contributed by atoms with van der Waals surface area (Å²) in [6, 6.07) is 11.1. The second-order valence-electron chi connectivity index (χ2n) is 12.1. The zero-order valence-corrected chi connectivity index (χ0v) is 29.1. The molecular weight excluding hydrogens is 696 g/mol. The number of para-hydroxylation sites is 1. The zero-order chi connectivity index (χ0) is 34.8. The SMILES string of the molecule is COc1ccc([C@H](Cc2c(Cl)c[n+]([O-])cc2Cl)c2c(CN(C(=O)O[C@H]3CN4CCC3CC4)c3ccccc3F)csc2C(=O)O)cc1OC. The maximum atomic E-state index is 15.4. The minimum atomic E-state index is -1.19. The van der Waals surface area contributed by atoms with E-state index in [0.29, 0.717) is 45.0 Å². The van der Waals surface area contributed by atoms with Crippen LogP contribution in [0.5, 0.6) is 11.5 Å². The van der Waals surface area contributed by atoms with E-state index in [1.54, 1.807) is 29.6 Å². The molecule has 0 aliphatic carbocycles. The number of fused-ring (bicyclic) bond motifs is 3. The number of nitrogens with zero attached hydrogens (tertiary/aromatic N) is 3. The third-order valence-corrected chi connectivity index (χ3v) is 11.0. The lowest BCUT2D eigenvalue weighted by molar-refractivity contribution is -0.605. The number of aromatic carboxylic acids is 1. The second-order valence-corrected chi connectivity index (χ2v) is 13.8. The van der Waals surface area contributed by atoms with E-state index >= 15 is 4.39 Å². The van der Waals surface area contributed by atoms with Gasteiger partial charge < -0.3 is 24.5 Å². The third-order valence-electron chi connectivity index (χ3n) is 9.27. The van der Waals surface area contributed by atoms with E-state index in [4.69, 9.17) is 37.4 Å². The molecule has 2 aromatic carbocycles. The fraction of sp³-hybridized carbons (Fsp3) is 0.343. The number of carboxylic acids is 1. The van der Waals surface area contributed by atoms with Gasteiger partial charge >= 0.3 is 12.1 Å². The minimum Gasteiger partial charge on any atom is -0.619 e. The molecule has 10 nitrogen and oxygen atoms in total. The van der Waals surface area contributed by atoms with Crippen molar-refractivity contribution in [2.45, 2.75) is 37.8 Å². The summed E-state index contributed by atoms with van der Waals surface area (Å²) in [5, 5.41) is 24.4. The Kier molecular flexibility index (Phi) is 10.5. The van der Waals surface area contributed by atoms with Crippen molar-refractivity contribution in [2.24, 2.45) is 5.92 Å². The molecule has 1 N–H and O–H groups in total. The molecule has 2 atom stereocenters. The van der Waals surface area contributed by atoms with Crippen molar-refractivity contribution in [1.82, 2.24) is 4.90 Å². The predicted octanol–water partition coefficient (Wildman–Crippen LogP) is 7.15. The predicted molar refractivity (Wildman–Crippen MR) is 184 cm³/mol. The van der Waals surface area contributed by atoms with Crippen LogP contribution in [-0.4, -0.2) is 62.0 Å². The highest BCUT2D eigenvalue weighted by Crippen LogP contribution is 2.42. The summed E-state index contributed by atoms with van der Waals surface area (Å²) in [6.45, 7) is 2.32. The Bertz CT molecular complexity index is 1840. The Morgan fingerprint density at radius 3 is 2.41 bits per heavy atom. The van der Waals surface area contributed by atoms with Crippen molar-refractivity contribution in [3.05, 3.63) is 108 Å². The monoisotopic (exact) mass is 729 g/mol. The van der Waals surface area contributed by atoms with Crippen LogP contribution in [0.3, 0.4) is 0 Å². The number of anilines is 1. The Labute approximate surface area is 296 Å². The molecule has 14 heteroatoms. The number of thiophene rings is 1. The van der Waals surface area contributed by atoms with Gasteiger partial charge in [0, 0.05) is 18.0 Å². The fourth-order valence-electron chi connectivity index (χ4n) is 6.79. The van der Waals surface area contributed by atoms with Gasteiger partial charge in [0.05, 0.1) is 26.5 Å². The molecule has 0 saturated carbocycles. The number of carboxylic acid groups (broad SMARTS) is 1. The van der Waals surface area contributed by atoms with Gasteiger partial charge in [-0.15, -0.1) is 11.3 Å². The molecule has 0 spiro atoms. The number of hydrogen-bond donors (Lipinski definition) is 1. The lowest BCUT2D eigenvalue weighted by Gasteiger charge is -2.44. The second kappa shape index (κ2) is 14.8. The summed E-state index contributed by atoms with van der Waals surface area (Å²) in [5.41, 5.74) is 1.86. The normalized spacial score (nSPS) is 18.9. The van der Waals surface area contributed by atoms with Crippen molar-refractivity contribution in [1.29, 1.82) is 0 Å². The first-order chi connectivity index (χ1) is 23.6. The minimum absolute atomic E-state index is 0.000357. The van der Waals surface area contributed by atoms with Crippen LogP contribution in [0.25, 0.3) is 0 Å². The molecule has 258 valence electrons. The Morgan fingerprint density at radius 2 is 1.80 bits per heavy atom. The van der Waals surface area contributed by atoms with Gasteiger partial charge in [-0.25, -0.2) is 14.0 Å². The number of ether oxygens (including phenoxy) is 3. The molecular formula is C35H34Cl2FN3O7S. The molecule has 7 rings (SSSR count). The van der Waals surface area contributed by atoms with Crippen LogP contribution < -0.4 is 19.1 Å². The van der Waals surface area contributed by atoms with Crippen molar-refractivity contribution >= 4 is 52.3 Å². The van der Waals surface area contributed by atoms with Gasteiger partial charge in [-0.2, -0.15) is 4.73 Å². The smallest absolute Gasteiger partial charge is 0.415 e. The number of hydrogen-bond acceptors (Lipinski definition) is 8. The third kappa shape index (κ3) is 7.28. The van der Waals surface area contributed by atoms with Crippen molar-refractivity contribution in [2.75, 3.05) is 38.8 Å². The Morgan fingerprint density at radius 1 is 1.10 bits per heavy atom. The van der Waals surface area contributed by atoms with Crippen LogP contribution >= 0.6 is 34.5 Å². The highest BCUT2D eigenvalue weighted by molar-refractivity contribution is 7.12. The number of halogens is 3. The van der Waals surface area contributed by atoms with E-state index in [-0.39, 0.29) is 45.6 Å². The van der Waals surface area contributed by atoms with Gasteiger partial charge in [0.2, 0.25) is 0 Å². The van der Waals surface area contributed by atoms with Crippen LogP contribution in [0, 0.1) is 16.9 Å². The first-order valence-electron chi connectivity index (χ1n) is 15.6. The number of aromatic nitrogens is 1. The van der Waals surface area contributed by atoms with E-state index in [9.17, 15) is 19.9 Å². The molecule has 1 amide bonds. The summed E-state index contributed by atoms with van der Waals surface area (Å²) >= 11 is 14.1. The van der Waals surface area contributed by atoms with Crippen molar-refractivity contribution < 1.29 is 38.0 Å². The number of carbonyl (C=O) groups is 2. The standard InChI is InChI=1S/C35H34Cl2FN3O7S/c1-46-29-8-7-21(13-30(29)47-2)23(14-24-25(36)16-40(45)17-26(24)37)32-22(19-49-33(32)34(42)43)15-41(28-6-4-3-5-27(28)38)35(44)48-31-18-39-11-9-20(31)10-12-39/h3-8,13,16-17,19-20,23,31H,9-12,14-15,18H2,1-2H3,(H,42,43)/t23-,31-/m0/s1. The molecule has 3 fully saturated rings. The number of pyridine rings is 1. The maximum absolute atomic E-state index is 15.4. The molecule has 3 aliphatic rings. The lowest BCUT2D eigenvalue weighted by Crippen LogP contribution is -2.53. The molecule has 0 unspecified atom stereocenters. The highest BCUT2D eigenvalue weighted by atomic mass is 35.5. The quantitative estimate of drug-likeness (QED) is 0.128. The van der Waals surface area contributed by atoms with E-state index in [0.717, 1.165) is 37.3 Å². The van der Waals surface area contributed by atoms with Crippen LogP contribution in [0.1, 0.15) is 50.7 Å². The van der Waals surface area contributed by atoms with E-state index < -0.39 is 23.8 Å².